The molecule has 0 aliphatic carbocycles. The van der Waals surface area contributed by atoms with E-state index in [1.165, 1.54) is 0 Å². The number of benzene rings is 1. The molecule has 0 aliphatic rings. The highest BCUT2D eigenvalue weighted by atomic mass is 35.5. The van der Waals surface area contributed by atoms with Gasteiger partial charge in [-0.25, -0.2) is 0 Å². The second-order valence-electron chi connectivity index (χ2n) is 3.25. The first-order chi connectivity index (χ1) is 7.20. The lowest BCUT2D eigenvalue weighted by Gasteiger charge is -2.00. The number of aromatic nitrogens is 2. The molecule has 0 saturated heterocycles. The molecule has 15 heavy (non-hydrogen) atoms. The Labute approximate surface area is 92.9 Å². The fraction of sp³-hybridized carbons (Fsp3) is 0.182. The lowest BCUT2D eigenvalue weighted by molar-refractivity contribution is 0.475. The summed E-state index contributed by atoms with van der Waals surface area (Å²) in [4.78, 5) is 0. The number of aromatic hydroxyl groups is 1. The van der Waals surface area contributed by atoms with Gasteiger partial charge >= 0.3 is 0 Å². The lowest BCUT2D eigenvalue weighted by atomic mass is 10.1. The van der Waals surface area contributed by atoms with Crippen molar-refractivity contribution in [2.75, 3.05) is 0 Å². The predicted molar refractivity (Wildman–Crippen MR) is 60.0 cm³/mol. The molecule has 4 heteroatoms. The van der Waals surface area contributed by atoms with Crippen LogP contribution in [0.5, 0.6) is 5.75 Å². The van der Waals surface area contributed by atoms with E-state index in [0.717, 1.165) is 17.7 Å². The Bertz CT molecular complexity index is 479. The van der Waals surface area contributed by atoms with Crippen LogP contribution in [0, 0.1) is 0 Å². The van der Waals surface area contributed by atoms with Gasteiger partial charge in [0, 0.05) is 18.3 Å². The Morgan fingerprint density at radius 1 is 1.40 bits per heavy atom. The van der Waals surface area contributed by atoms with Gasteiger partial charge in [-0.05, 0) is 24.6 Å². The first-order valence-electron chi connectivity index (χ1n) is 4.72. The summed E-state index contributed by atoms with van der Waals surface area (Å²) in [6.07, 6.45) is 3.73. The topological polar surface area (TPSA) is 38.0 Å². The summed E-state index contributed by atoms with van der Waals surface area (Å²) < 4.78 is 1.84. The third kappa shape index (κ3) is 1.97. The molecule has 2 rings (SSSR count). The fourth-order valence-corrected chi connectivity index (χ4v) is 1.55. The van der Waals surface area contributed by atoms with E-state index in [0.29, 0.717) is 5.02 Å². The maximum Gasteiger partial charge on any atom is 0.134 e. The van der Waals surface area contributed by atoms with Crippen molar-refractivity contribution in [1.82, 2.24) is 9.78 Å². The minimum Gasteiger partial charge on any atom is -0.506 e. The second kappa shape index (κ2) is 3.95. The minimum absolute atomic E-state index is 0.100. The molecular formula is C11H11ClN2O. The molecule has 1 aromatic carbocycles. The SMILES string of the molecule is CCn1cc(-c2ccc(O)c(Cl)c2)cn1. The molecule has 1 N–H and O–H groups in total. The molecule has 0 atom stereocenters. The molecule has 0 bridgehead atoms. The van der Waals surface area contributed by atoms with Crippen molar-refractivity contribution < 1.29 is 5.11 Å². The molecule has 0 radical (unpaired) electrons. The summed E-state index contributed by atoms with van der Waals surface area (Å²) in [5.41, 5.74) is 1.95. The van der Waals surface area contributed by atoms with E-state index in [4.69, 9.17) is 11.6 Å². The molecule has 2 aromatic rings. The normalized spacial score (nSPS) is 10.5. The highest BCUT2D eigenvalue weighted by Crippen LogP contribution is 2.28. The van der Waals surface area contributed by atoms with Crippen LogP contribution in [0.15, 0.2) is 30.6 Å². The fourth-order valence-electron chi connectivity index (χ4n) is 1.37. The van der Waals surface area contributed by atoms with Gasteiger partial charge in [0.05, 0.1) is 11.2 Å². The highest BCUT2D eigenvalue weighted by Gasteiger charge is 2.04. The van der Waals surface area contributed by atoms with Crippen molar-refractivity contribution in [2.24, 2.45) is 0 Å². The zero-order chi connectivity index (χ0) is 10.8. The third-order valence-electron chi connectivity index (χ3n) is 2.24. The molecule has 78 valence electrons. The van der Waals surface area contributed by atoms with E-state index in [9.17, 15) is 5.11 Å². The third-order valence-corrected chi connectivity index (χ3v) is 2.54. The number of nitrogens with zero attached hydrogens (tertiary/aromatic N) is 2. The van der Waals surface area contributed by atoms with Crippen LogP contribution in [0.2, 0.25) is 5.02 Å². The molecule has 3 nitrogen and oxygen atoms in total. The van der Waals surface area contributed by atoms with Crippen LogP contribution in [0.4, 0.5) is 0 Å². The van der Waals surface area contributed by atoms with Gasteiger partial charge in [0.25, 0.3) is 0 Å². The molecule has 0 unspecified atom stereocenters. The maximum absolute atomic E-state index is 9.29. The van der Waals surface area contributed by atoms with E-state index in [2.05, 4.69) is 5.10 Å². The van der Waals surface area contributed by atoms with Crippen LogP contribution in [0.3, 0.4) is 0 Å². The average Bonchev–Trinajstić information content (AvgIpc) is 2.70. The molecule has 0 spiro atoms. The summed E-state index contributed by atoms with van der Waals surface area (Å²) in [7, 11) is 0. The molecule has 0 fully saturated rings. The number of hydrogen-bond donors (Lipinski definition) is 1. The Balaban J connectivity index is 2.40. The maximum atomic E-state index is 9.29. The Hall–Kier alpha value is -1.48. The number of hydrogen-bond acceptors (Lipinski definition) is 2. The molecule has 0 amide bonds. The average molecular weight is 223 g/mol. The monoisotopic (exact) mass is 222 g/mol. The lowest BCUT2D eigenvalue weighted by Crippen LogP contribution is -1.91. The van der Waals surface area contributed by atoms with Crippen molar-refractivity contribution in [3.8, 4) is 16.9 Å². The van der Waals surface area contributed by atoms with E-state index in [1.54, 1.807) is 18.3 Å². The highest BCUT2D eigenvalue weighted by molar-refractivity contribution is 6.32. The smallest absolute Gasteiger partial charge is 0.134 e. The summed E-state index contributed by atoms with van der Waals surface area (Å²) in [6, 6.07) is 5.13. The Kier molecular flexibility index (Phi) is 2.64. The standard InChI is InChI=1S/C11H11ClN2O/c1-2-14-7-9(6-13-14)8-3-4-11(15)10(12)5-8/h3-7,15H,2H2,1H3. The molecule has 0 saturated carbocycles. The number of phenolic OH excluding ortho intramolecular Hbond substituents is 1. The minimum atomic E-state index is 0.100. The van der Waals surface area contributed by atoms with Gasteiger partial charge < -0.3 is 5.11 Å². The van der Waals surface area contributed by atoms with E-state index in [1.807, 2.05) is 23.9 Å². The van der Waals surface area contributed by atoms with Gasteiger partial charge in [-0.3, -0.25) is 4.68 Å². The van der Waals surface area contributed by atoms with Gasteiger partial charge in [-0.1, -0.05) is 17.7 Å². The summed E-state index contributed by atoms with van der Waals surface area (Å²) in [5.74, 6) is 0.100. The van der Waals surface area contributed by atoms with Gasteiger partial charge in [0.15, 0.2) is 0 Å². The second-order valence-corrected chi connectivity index (χ2v) is 3.66. The first-order valence-corrected chi connectivity index (χ1v) is 5.10. The number of rotatable bonds is 2. The number of aryl methyl sites for hydroxylation is 1. The van der Waals surface area contributed by atoms with Crippen molar-refractivity contribution in [3.05, 3.63) is 35.6 Å². The van der Waals surface area contributed by atoms with Crippen molar-refractivity contribution in [3.63, 3.8) is 0 Å². The van der Waals surface area contributed by atoms with Crippen LogP contribution in [0.1, 0.15) is 6.92 Å². The molecule has 1 aromatic heterocycles. The summed E-state index contributed by atoms with van der Waals surface area (Å²) >= 11 is 5.83. The molecule has 1 heterocycles. The summed E-state index contributed by atoms with van der Waals surface area (Å²) in [5, 5.41) is 13.8. The largest absolute Gasteiger partial charge is 0.506 e. The molecular weight excluding hydrogens is 212 g/mol. The predicted octanol–water partition coefficient (Wildman–Crippen LogP) is 2.93. The zero-order valence-electron chi connectivity index (χ0n) is 8.31. The first kappa shape index (κ1) is 10.1. The zero-order valence-corrected chi connectivity index (χ0v) is 9.07. The molecule has 0 aliphatic heterocycles. The van der Waals surface area contributed by atoms with Crippen LogP contribution in [0.25, 0.3) is 11.1 Å². The van der Waals surface area contributed by atoms with E-state index >= 15 is 0 Å². The Morgan fingerprint density at radius 2 is 2.20 bits per heavy atom. The van der Waals surface area contributed by atoms with Gasteiger partial charge in [0.1, 0.15) is 5.75 Å². The summed E-state index contributed by atoms with van der Waals surface area (Å²) in [6.45, 7) is 2.87. The van der Waals surface area contributed by atoms with E-state index in [-0.39, 0.29) is 5.75 Å². The van der Waals surface area contributed by atoms with Crippen LogP contribution >= 0.6 is 11.6 Å². The van der Waals surface area contributed by atoms with Gasteiger partial charge in [-0.2, -0.15) is 5.10 Å². The Morgan fingerprint density at radius 3 is 2.80 bits per heavy atom. The van der Waals surface area contributed by atoms with Gasteiger partial charge in [-0.15, -0.1) is 0 Å². The van der Waals surface area contributed by atoms with Crippen LogP contribution in [-0.2, 0) is 6.54 Å². The van der Waals surface area contributed by atoms with Crippen LogP contribution in [-0.4, -0.2) is 14.9 Å². The van der Waals surface area contributed by atoms with Crippen molar-refractivity contribution in [1.29, 1.82) is 0 Å². The van der Waals surface area contributed by atoms with Crippen LogP contribution < -0.4 is 0 Å². The quantitative estimate of drug-likeness (QED) is 0.849. The van der Waals surface area contributed by atoms with Crippen molar-refractivity contribution in [2.45, 2.75) is 13.5 Å². The van der Waals surface area contributed by atoms with Crippen molar-refractivity contribution >= 4 is 11.6 Å². The van der Waals surface area contributed by atoms with Gasteiger partial charge in [0.2, 0.25) is 0 Å². The number of halogens is 1. The number of phenols is 1. The van der Waals surface area contributed by atoms with E-state index < -0.39 is 0 Å².